The molecule has 1 aliphatic heterocycles. The van der Waals surface area contributed by atoms with Crippen molar-refractivity contribution in [3.8, 4) is 5.75 Å². The molecule has 128 valence electrons. The van der Waals surface area contributed by atoms with Crippen LogP contribution in [0.5, 0.6) is 5.75 Å². The highest BCUT2D eigenvalue weighted by atomic mass is 16.5. The molecule has 7 heteroatoms. The lowest BCUT2D eigenvalue weighted by atomic mass is 9.98. The lowest BCUT2D eigenvalue weighted by Gasteiger charge is -2.31. The molecule has 7 nitrogen and oxygen atoms in total. The maximum absolute atomic E-state index is 12.5. The maximum atomic E-state index is 12.5. The summed E-state index contributed by atoms with van der Waals surface area (Å²) in [6, 6.07) is 5.48. The number of piperidine rings is 1. The highest BCUT2D eigenvalue weighted by molar-refractivity contribution is 5.89. The monoisotopic (exact) mass is 330 g/mol. The molecule has 1 aliphatic rings. The summed E-state index contributed by atoms with van der Waals surface area (Å²) in [6.07, 6.45) is 1.87. The molecular formula is C17H22N4O3. The molecule has 1 saturated heterocycles. The second-order valence-corrected chi connectivity index (χ2v) is 6.08. The molecule has 1 fully saturated rings. The molecule has 0 spiro atoms. The molecule has 3 rings (SSSR count). The van der Waals surface area contributed by atoms with Crippen LogP contribution in [-0.2, 0) is 0 Å². The third kappa shape index (κ3) is 3.50. The molecule has 2 aromatic rings. The van der Waals surface area contributed by atoms with Crippen molar-refractivity contribution in [2.75, 3.05) is 25.5 Å². The van der Waals surface area contributed by atoms with Gasteiger partial charge in [-0.15, -0.1) is 0 Å². The van der Waals surface area contributed by atoms with Crippen LogP contribution in [0, 0.1) is 13.8 Å². The van der Waals surface area contributed by atoms with Crippen LogP contribution in [0.3, 0.4) is 0 Å². The molecule has 0 radical (unpaired) electrons. The number of benzene rings is 1. The van der Waals surface area contributed by atoms with Crippen molar-refractivity contribution in [1.29, 1.82) is 0 Å². The zero-order valence-corrected chi connectivity index (χ0v) is 14.2. The van der Waals surface area contributed by atoms with Crippen LogP contribution < -0.4 is 10.1 Å². The lowest BCUT2D eigenvalue weighted by molar-refractivity contribution is 0.184. The van der Waals surface area contributed by atoms with Crippen LogP contribution >= 0.6 is 0 Å². The van der Waals surface area contributed by atoms with E-state index in [2.05, 4.69) is 15.5 Å². The Balaban J connectivity index is 1.65. The van der Waals surface area contributed by atoms with Gasteiger partial charge in [-0.05, 0) is 50.5 Å². The van der Waals surface area contributed by atoms with E-state index in [9.17, 15) is 4.79 Å². The van der Waals surface area contributed by atoms with Crippen LogP contribution in [0.4, 0.5) is 10.5 Å². The van der Waals surface area contributed by atoms with Crippen molar-refractivity contribution in [2.24, 2.45) is 0 Å². The fraction of sp³-hybridized carbons (Fsp3) is 0.471. The van der Waals surface area contributed by atoms with Gasteiger partial charge < -0.3 is 19.5 Å². The Morgan fingerprint density at radius 3 is 2.92 bits per heavy atom. The largest absolute Gasteiger partial charge is 0.496 e. The van der Waals surface area contributed by atoms with E-state index in [0.29, 0.717) is 18.3 Å². The molecule has 1 unspecified atom stereocenters. The third-order valence-electron chi connectivity index (χ3n) is 4.25. The van der Waals surface area contributed by atoms with E-state index in [0.717, 1.165) is 36.4 Å². The molecule has 1 N–H and O–H groups in total. The van der Waals surface area contributed by atoms with E-state index in [-0.39, 0.29) is 11.9 Å². The van der Waals surface area contributed by atoms with Crippen LogP contribution in [0.2, 0.25) is 0 Å². The van der Waals surface area contributed by atoms with Gasteiger partial charge in [0.25, 0.3) is 0 Å². The quantitative estimate of drug-likeness (QED) is 0.935. The average Bonchev–Trinajstić information content (AvgIpc) is 3.02. The zero-order valence-electron chi connectivity index (χ0n) is 14.2. The van der Waals surface area contributed by atoms with E-state index in [1.807, 2.05) is 25.1 Å². The lowest BCUT2D eigenvalue weighted by Crippen LogP contribution is -2.41. The van der Waals surface area contributed by atoms with Crippen molar-refractivity contribution >= 4 is 11.7 Å². The summed E-state index contributed by atoms with van der Waals surface area (Å²) in [7, 11) is 1.63. The smallest absolute Gasteiger partial charge is 0.321 e. The summed E-state index contributed by atoms with van der Waals surface area (Å²) in [5, 5.41) is 6.78. The van der Waals surface area contributed by atoms with Gasteiger partial charge in [0.15, 0.2) is 5.82 Å². The fourth-order valence-corrected chi connectivity index (χ4v) is 3.00. The molecule has 0 saturated carbocycles. The van der Waals surface area contributed by atoms with Gasteiger partial charge >= 0.3 is 6.03 Å². The minimum absolute atomic E-state index is 0.100. The second kappa shape index (κ2) is 6.90. The van der Waals surface area contributed by atoms with Crippen molar-refractivity contribution in [2.45, 2.75) is 32.6 Å². The number of carbonyl (C=O) groups is 1. The first-order valence-electron chi connectivity index (χ1n) is 8.07. The standard InChI is InChI=1S/C17H22N4O3/c1-11-9-14(6-7-15(11)23-3)19-17(22)21-8-4-5-13(10-21)16-18-12(2)20-24-16/h6-7,9,13H,4-5,8,10H2,1-3H3,(H,19,22). The van der Waals surface area contributed by atoms with Gasteiger partial charge in [-0.3, -0.25) is 0 Å². The molecule has 2 heterocycles. The molecule has 1 aromatic carbocycles. The topological polar surface area (TPSA) is 80.5 Å². The summed E-state index contributed by atoms with van der Waals surface area (Å²) in [4.78, 5) is 18.6. The first-order chi connectivity index (χ1) is 11.6. The fourth-order valence-electron chi connectivity index (χ4n) is 3.00. The Labute approximate surface area is 141 Å². The van der Waals surface area contributed by atoms with Crippen molar-refractivity contribution in [3.05, 3.63) is 35.5 Å². The Morgan fingerprint density at radius 1 is 1.42 bits per heavy atom. The summed E-state index contributed by atoms with van der Waals surface area (Å²) in [5.74, 6) is 2.15. The summed E-state index contributed by atoms with van der Waals surface area (Å²) < 4.78 is 10.5. The van der Waals surface area contributed by atoms with Gasteiger partial charge in [0.05, 0.1) is 13.0 Å². The summed E-state index contributed by atoms with van der Waals surface area (Å²) >= 11 is 0. The molecule has 0 aliphatic carbocycles. The average molecular weight is 330 g/mol. The van der Waals surface area contributed by atoms with E-state index >= 15 is 0 Å². The number of urea groups is 1. The number of amides is 2. The van der Waals surface area contributed by atoms with Gasteiger partial charge in [0.2, 0.25) is 5.89 Å². The Kier molecular flexibility index (Phi) is 4.69. The predicted octanol–water partition coefficient (Wildman–Crippen LogP) is 3.11. The zero-order chi connectivity index (χ0) is 17.1. The number of hydrogen-bond donors (Lipinski definition) is 1. The molecule has 1 atom stereocenters. The van der Waals surface area contributed by atoms with E-state index in [4.69, 9.17) is 9.26 Å². The predicted molar refractivity (Wildman–Crippen MR) is 89.3 cm³/mol. The number of carbonyl (C=O) groups excluding carboxylic acids is 1. The third-order valence-corrected chi connectivity index (χ3v) is 4.25. The molecule has 0 bridgehead atoms. The van der Waals surface area contributed by atoms with Gasteiger partial charge in [-0.2, -0.15) is 4.98 Å². The maximum Gasteiger partial charge on any atom is 0.321 e. The number of likely N-dealkylation sites (tertiary alicyclic amines) is 1. The van der Waals surface area contributed by atoms with Gasteiger partial charge in [-0.1, -0.05) is 5.16 Å². The van der Waals surface area contributed by atoms with Crippen LogP contribution in [0.25, 0.3) is 0 Å². The Morgan fingerprint density at radius 2 is 2.25 bits per heavy atom. The number of anilines is 1. The van der Waals surface area contributed by atoms with Crippen molar-refractivity contribution in [3.63, 3.8) is 0 Å². The minimum Gasteiger partial charge on any atom is -0.496 e. The summed E-state index contributed by atoms with van der Waals surface area (Å²) in [5.41, 5.74) is 1.74. The number of aryl methyl sites for hydroxylation is 2. The molecular weight excluding hydrogens is 308 g/mol. The molecule has 2 amide bonds. The number of nitrogens with zero attached hydrogens (tertiary/aromatic N) is 3. The van der Waals surface area contributed by atoms with E-state index in [1.54, 1.807) is 18.9 Å². The minimum atomic E-state index is -0.111. The highest BCUT2D eigenvalue weighted by Gasteiger charge is 2.28. The Bertz CT molecular complexity index is 728. The van der Waals surface area contributed by atoms with Crippen LogP contribution in [0.1, 0.15) is 36.0 Å². The first-order valence-corrected chi connectivity index (χ1v) is 8.07. The number of nitrogens with one attached hydrogen (secondary N) is 1. The van der Waals surface area contributed by atoms with Crippen molar-refractivity contribution < 1.29 is 14.1 Å². The van der Waals surface area contributed by atoms with Gasteiger partial charge in [0.1, 0.15) is 5.75 Å². The number of hydrogen-bond acceptors (Lipinski definition) is 5. The van der Waals surface area contributed by atoms with Crippen LogP contribution in [-0.4, -0.2) is 41.3 Å². The SMILES string of the molecule is COc1ccc(NC(=O)N2CCCC(c3nc(C)no3)C2)cc1C. The first kappa shape index (κ1) is 16.3. The Hall–Kier alpha value is -2.57. The van der Waals surface area contributed by atoms with E-state index in [1.165, 1.54) is 0 Å². The number of aromatic nitrogens is 2. The second-order valence-electron chi connectivity index (χ2n) is 6.08. The molecule has 24 heavy (non-hydrogen) atoms. The normalized spacial score (nSPS) is 17.6. The number of methoxy groups -OCH3 is 1. The van der Waals surface area contributed by atoms with E-state index < -0.39 is 0 Å². The van der Waals surface area contributed by atoms with Gasteiger partial charge in [-0.25, -0.2) is 4.79 Å². The summed E-state index contributed by atoms with van der Waals surface area (Å²) in [6.45, 7) is 5.06. The number of rotatable bonds is 3. The van der Waals surface area contributed by atoms with Crippen LogP contribution in [0.15, 0.2) is 22.7 Å². The molecule has 1 aromatic heterocycles. The number of ether oxygens (including phenoxy) is 1. The van der Waals surface area contributed by atoms with Gasteiger partial charge in [0, 0.05) is 18.8 Å². The highest BCUT2D eigenvalue weighted by Crippen LogP contribution is 2.27. The van der Waals surface area contributed by atoms with Crippen molar-refractivity contribution in [1.82, 2.24) is 15.0 Å².